The molecule has 2 aliphatic carbocycles. The normalized spacial score (nSPS) is 26.7. The summed E-state index contributed by atoms with van der Waals surface area (Å²) in [6.45, 7) is 2.16. The Morgan fingerprint density at radius 3 is 2.87 bits per heavy atom. The first-order valence-corrected chi connectivity index (χ1v) is 6.08. The van der Waals surface area contributed by atoms with Gasteiger partial charge >= 0.3 is 0 Å². The molecule has 1 fully saturated rings. The Morgan fingerprint density at radius 2 is 2.27 bits per heavy atom. The van der Waals surface area contributed by atoms with E-state index < -0.39 is 0 Å². The molecule has 2 heteroatoms. The van der Waals surface area contributed by atoms with Crippen molar-refractivity contribution in [3.05, 3.63) is 23.2 Å². The van der Waals surface area contributed by atoms with Crippen molar-refractivity contribution >= 4 is 0 Å². The largest absolute Gasteiger partial charge is 0.464 e. The predicted octanol–water partition coefficient (Wildman–Crippen LogP) is 2.83. The zero-order valence-corrected chi connectivity index (χ0v) is 9.60. The summed E-state index contributed by atoms with van der Waals surface area (Å²) < 4.78 is 5.97. The second-order valence-electron chi connectivity index (χ2n) is 5.04. The van der Waals surface area contributed by atoms with Crippen molar-refractivity contribution in [1.29, 1.82) is 0 Å². The molecule has 82 valence electrons. The lowest BCUT2D eigenvalue weighted by Gasteiger charge is -2.30. The number of hydrogen-bond donors (Lipinski definition) is 1. The fraction of sp³-hybridized carbons (Fsp3) is 0.692. The van der Waals surface area contributed by atoms with E-state index in [2.05, 4.69) is 25.4 Å². The molecule has 2 nitrogen and oxygen atoms in total. The average Bonchev–Trinajstić information content (AvgIpc) is 2.90. The lowest BCUT2D eigenvalue weighted by Crippen LogP contribution is -2.30. The number of fused-ring (bicyclic) bond motifs is 1. The van der Waals surface area contributed by atoms with Crippen LogP contribution in [0.5, 0.6) is 0 Å². The molecule has 1 spiro atoms. The number of rotatable bonds is 2. The molecule has 1 unspecified atom stereocenters. The molecule has 2 aliphatic rings. The van der Waals surface area contributed by atoms with Crippen LogP contribution in [0.15, 0.2) is 10.5 Å². The summed E-state index contributed by atoms with van der Waals surface area (Å²) in [5.74, 6) is 2.39. The van der Waals surface area contributed by atoms with E-state index in [0.29, 0.717) is 11.5 Å². The van der Waals surface area contributed by atoms with E-state index in [-0.39, 0.29) is 0 Å². The molecule has 15 heavy (non-hydrogen) atoms. The maximum atomic E-state index is 5.97. The fourth-order valence-electron chi connectivity index (χ4n) is 3.06. The van der Waals surface area contributed by atoms with Gasteiger partial charge in [0.15, 0.2) is 0 Å². The van der Waals surface area contributed by atoms with E-state index in [1.165, 1.54) is 37.0 Å². The molecule has 1 atom stereocenters. The first kappa shape index (κ1) is 9.46. The highest BCUT2D eigenvalue weighted by atomic mass is 16.3. The van der Waals surface area contributed by atoms with Gasteiger partial charge in [-0.15, -0.1) is 0 Å². The molecule has 1 aromatic rings. The van der Waals surface area contributed by atoms with E-state index >= 15 is 0 Å². The third kappa shape index (κ3) is 1.27. The van der Waals surface area contributed by atoms with E-state index in [1.807, 2.05) is 0 Å². The summed E-state index contributed by atoms with van der Waals surface area (Å²) >= 11 is 0. The van der Waals surface area contributed by atoms with Crippen LogP contribution in [0.1, 0.15) is 49.3 Å². The van der Waals surface area contributed by atoms with Gasteiger partial charge in [-0.2, -0.15) is 0 Å². The molecule has 0 saturated heterocycles. The first-order chi connectivity index (χ1) is 7.29. The molecular formula is C13H19NO. The van der Waals surface area contributed by atoms with Crippen LogP contribution < -0.4 is 5.32 Å². The zero-order chi connectivity index (χ0) is 10.5. The van der Waals surface area contributed by atoms with E-state index in [0.717, 1.165) is 12.2 Å². The van der Waals surface area contributed by atoms with Crippen LogP contribution in [0.25, 0.3) is 0 Å². The van der Waals surface area contributed by atoms with Crippen LogP contribution >= 0.6 is 0 Å². The maximum absolute atomic E-state index is 5.97. The third-order valence-electron chi connectivity index (χ3n) is 4.19. The molecule has 0 aromatic carbocycles. The summed E-state index contributed by atoms with van der Waals surface area (Å²) in [7, 11) is 2.06. The van der Waals surface area contributed by atoms with Crippen LogP contribution in [0.3, 0.4) is 0 Å². The van der Waals surface area contributed by atoms with Crippen molar-refractivity contribution < 1.29 is 4.42 Å². The standard InChI is InChI=1S/C13H19NO/c1-3-10-8-9-4-5-13(6-7-13)12(14-2)11(9)15-10/h8,12,14H,3-7H2,1-2H3. The van der Waals surface area contributed by atoms with Gasteiger partial charge in [-0.05, 0) is 49.8 Å². The Kier molecular flexibility index (Phi) is 1.96. The highest BCUT2D eigenvalue weighted by Gasteiger charge is 2.52. The Bertz CT molecular complexity index is 376. The minimum Gasteiger partial charge on any atom is -0.464 e. The summed E-state index contributed by atoms with van der Waals surface area (Å²) in [6, 6.07) is 2.73. The smallest absolute Gasteiger partial charge is 0.124 e. The monoisotopic (exact) mass is 205 g/mol. The van der Waals surface area contributed by atoms with Gasteiger partial charge in [0.1, 0.15) is 11.5 Å². The quantitative estimate of drug-likeness (QED) is 0.803. The summed E-state index contributed by atoms with van der Waals surface area (Å²) in [5, 5.41) is 3.46. The summed E-state index contributed by atoms with van der Waals surface area (Å²) in [6.07, 6.45) is 6.32. The number of nitrogens with one attached hydrogen (secondary N) is 1. The molecule has 0 aliphatic heterocycles. The van der Waals surface area contributed by atoms with Gasteiger partial charge in [0.2, 0.25) is 0 Å². The lowest BCUT2D eigenvalue weighted by molar-refractivity contribution is 0.261. The molecule has 1 heterocycles. The second kappa shape index (κ2) is 3.11. The topological polar surface area (TPSA) is 25.2 Å². The van der Waals surface area contributed by atoms with E-state index in [9.17, 15) is 0 Å². The highest BCUT2D eigenvalue weighted by Crippen LogP contribution is 2.60. The van der Waals surface area contributed by atoms with Crippen LogP contribution in [0.4, 0.5) is 0 Å². The average molecular weight is 205 g/mol. The van der Waals surface area contributed by atoms with Gasteiger partial charge in [0, 0.05) is 6.42 Å². The Morgan fingerprint density at radius 1 is 1.47 bits per heavy atom. The lowest BCUT2D eigenvalue weighted by atomic mass is 9.81. The Labute approximate surface area is 91.0 Å². The molecule has 0 radical (unpaired) electrons. The number of furan rings is 1. The number of hydrogen-bond acceptors (Lipinski definition) is 2. The third-order valence-corrected chi connectivity index (χ3v) is 4.19. The van der Waals surface area contributed by atoms with Crippen LogP contribution in [0, 0.1) is 5.41 Å². The van der Waals surface area contributed by atoms with Gasteiger partial charge in [-0.25, -0.2) is 0 Å². The SMILES string of the molecule is CCc1cc2c(o1)C(NC)C1(CC2)CC1. The van der Waals surface area contributed by atoms with Crippen LogP contribution in [0.2, 0.25) is 0 Å². The Balaban J connectivity index is 2.01. The summed E-state index contributed by atoms with van der Waals surface area (Å²) in [4.78, 5) is 0. The second-order valence-corrected chi connectivity index (χ2v) is 5.04. The minimum atomic E-state index is 0.474. The number of aryl methyl sites for hydroxylation is 2. The van der Waals surface area contributed by atoms with Gasteiger partial charge in [0.05, 0.1) is 6.04 Å². The zero-order valence-electron chi connectivity index (χ0n) is 9.60. The van der Waals surface area contributed by atoms with Crippen molar-refractivity contribution in [3.63, 3.8) is 0 Å². The summed E-state index contributed by atoms with van der Waals surface area (Å²) in [5.41, 5.74) is 1.99. The Hall–Kier alpha value is -0.760. The maximum Gasteiger partial charge on any atom is 0.124 e. The van der Waals surface area contributed by atoms with E-state index in [4.69, 9.17) is 4.42 Å². The van der Waals surface area contributed by atoms with Crippen molar-refractivity contribution in [1.82, 2.24) is 5.32 Å². The van der Waals surface area contributed by atoms with Gasteiger partial charge in [0.25, 0.3) is 0 Å². The van der Waals surface area contributed by atoms with Crippen LogP contribution in [-0.2, 0) is 12.8 Å². The molecular weight excluding hydrogens is 186 g/mol. The molecule has 1 saturated carbocycles. The van der Waals surface area contributed by atoms with Gasteiger partial charge < -0.3 is 9.73 Å². The minimum absolute atomic E-state index is 0.474. The van der Waals surface area contributed by atoms with Crippen LogP contribution in [-0.4, -0.2) is 7.05 Å². The van der Waals surface area contributed by atoms with Crippen molar-refractivity contribution in [2.45, 2.75) is 45.1 Å². The molecule has 1 aromatic heterocycles. The fourth-order valence-corrected chi connectivity index (χ4v) is 3.06. The molecule has 1 N–H and O–H groups in total. The van der Waals surface area contributed by atoms with Crippen molar-refractivity contribution in [2.24, 2.45) is 5.41 Å². The van der Waals surface area contributed by atoms with Gasteiger partial charge in [-0.1, -0.05) is 6.92 Å². The molecule has 3 rings (SSSR count). The predicted molar refractivity (Wildman–Crippen MR) is 59.9 cm³/mol. The molecule has 0 bridgehead atoms. The van der Waals surface area contributed by atoms with E-state index in [1.54, 1.807) is 0 Å². The van der Waals surface area contributed by atoms with Crippen molar-refractivity contribution in [2.75, 3.05) is 7.05 Å². The van der Waals surface area contributed by atoms with Gasteiger partial charge in [-0.3, -0.25) is 0 Å². The first-order valence-electron chi connectivity index (χ1n) is 6.08. The molecule has 0 amide bonds. The van der Waals surface area contributed by atoms with Crippen molar-refractivity contribution in [3.8, 4) is 0 Å². The highest BCUT2D eigenvalue weighted by molar-refractivity contribution is 5.31.